The fourth-order valence-electron chi connectivity index (χ4n) is 5.05. The molecule has 5 heterocycles. The molecule has 5 rings (SSSR count). The zero-order valence-corrected chi connectivity index (χ0v) is 21.0. The number of hydrogen-bond donors (Lipinski definition) is 2. The second-order valence-corrected chi connectivity index (χ2v) is 10.6. The molecule has 2 amide bonds. The van der Waals surface area contributed by atoms with Crippen molar-refractivity contribution in [3.63, 3.8) is 0 Å². The van der Waals surface area contributed by atoms with Crippen LogP contribution in [0, 0.1) is 0 Å². The SMILES string of the molecule is C[C@H]1COCCN1c1nc(-c2cnc(N)nc2)c2c(n1)N([C@@H]1CCN(C(=O)NC(C)(C)C)C1)CC2. The molecule has 11 nitrogen and oxygen atoms in total. The van der Waals surface area contributed by atoms with Crippen LogP contribution in [0.1, 0.15) is 39.7 Å². The van der Waals surface area contributed by atoms with E-state index in [4.69, 9.17) is 20.4 Å². The van der Waals surface area contributed by atoms with Gasteiger partial charge in [0.15, 0.2) is 0 Å². The number of likely N-dealkylation sites (tertiary alicyclic amines) is 1. The van der Waals surface area contributed by atoms with E-state index in [1.807, 2.05) is 25.7 Å². The van der Waals surface area contributed by atoms with Crippen LogP contribution in [-0.4, -0.2) is 87.9 Å². The van der Waals surface area contributed by atoms with Crippen LogP contribution in [0.2, 0.25) is 0 Å². The molecule has 2 atom stereocenters. The molecule has 0 aromatic carbocycles. The van der Waals surface area contributed by atoms with Gasteiger partial charge in [-0.2, -0.15) is 4.98 Å². The van der Waals surface area contributed by atoms with Crippen molar-refractivity contribution >= 4 is 23.7 Å². The van der Waals surface area contributed by atoms with Gasteiger partial charge in [-0.15, -0.1) is 0 Å². The number of hydrogen-bond acceptors (Lipinski definition) is 9. The number of urea groups is 1. The molecule has 2 saturated heterocycles. The minimum atomic E-state index is -0.261. The monoisotopic (exact) mass is 481 g/mol. The molecule has 0 aliphatic carbocycles. The summed E-state index contributed by atoms with van der Waals surface area (Å²) >= 11 is 0. The van der Waals surface area contributed by atoms with Crippen molar-refractivity contribution < 1.29 is 9.53 Å². The molecule has 0 unspecified atom stereocenters. The van der Waals surface area contributed by atoms with Crippen LogP contribution in [0.25, 0.3) is 11.3 Å². The van der Waals surface area contributed by atoms with Crippen molar-refractivity contribution in [1.82, 2.24) is 30.2 Å². The van der Waals surface area contributed by atoms with Crippen LogP contribution in [0.4, 0.5) is 22.5 Å². The van der Waals surface area contributed by atoms with Crippen molar-refractivity contribution in [1.29, 1.82) is 0 Å². The van der Waals surface area contributed by atoms with Gasteiger partial charge in [-0.1, -0.05) is 0 Å². The molecular formula is C24H35N9O2. The number of anilines is 3. The average Bonchev–Trinajstić information content (AvgIpc) is 3.45. The lowest BCUT2D eigenvalue weighted by Crippen LogP contribution is -2.48. The van der Waals surface area contributed by atoms with E-state index >= 15 is 0 Å². The maximum atomic E-state index is 12.8. The molecule has 11 heteroatoms. The Morgan fingerprint density at radius 2 is 1.91 bits per heavy atom. The molecule has 0 spiro atoms. The molecule has 3 aliphatic heterocycles. The van der Waals surface area contributed by atoms with E-state index in [0.29, 0.717) is 25.7 Å². The van der Waals surface area contributed by atoms with Crippen LogP contribution >= 0.6 is 0 Å². The fraction of sp³-hybridized carbons (Fsp3) is 0.625. The van der Waals surface area contributed by atoms with E-state index in [1.54, 1.807) is 12.4 Å². The molecule has 2 aromatic heterocycles. The Balaban J connectivity index is 1.47. The molecule has 3 aliphatic rings. The molecule has 0 saturated carbocycles. The number of carbonyl (C=O) groups excluding carboxylic acids is 1. The Morgan fingerprint density at radius 1 is 1.14 bits per heavy atom. The van der Waals surface area contributed by atoms with Gasteiger partial charge in [0.2, 0.25) is 11.9 Å². The van der Waals surface area contributed by atoms with E-state index in [0.717, 1.165) is 55.1 Å². The summed E-state index contributed by atoms with van der Waals surface area (Å²) in [5.74, 6) is 1.88. The van der Waals surface area contributed by atoms with Crippen LogP contribution in [0.3, 0.4) is 0 Å². The van der Waals surface area contributed by atoms with E-state index < -0.39 is 0 Å². The standard InChI is InChI=1S/C24H35N9O2/c1-15-14-35-10-9-32(15)22-28-19(16-11-26-21(25)27-12-16)18-6-8-33(20(18)29-22)17-5-7-31(13-17)23(34)30-24(2,3)4/h11-12,15,17H,5-10,13-14H2,1-4H3,(H,30,34)(H2,25,26,27)/t15-,17+/m0/s1. The molecule has 188 valence electrons. The summed E-state index contributed by atoms with van der Waals surface area (Å²) in [6, 6.07) is 0.377. The second-order valence-electron chi connectivity index (χ2n) is 10.6. The first-order valence-corrected chi connectivity index (χ1v) is 12.4. The molecule has 2 fully saturated rings. The third kappa shape index (κ3) is 4.82. The number of nitrogen functional groups attached to an aromatic ring is 1. The first-order chi connectivity index (χ1) is 16.7. The van der Waals surface area contributed by atoms with Gasteiger partial charge in [0.05, 0.1) is 24.9 Å². The predicted octanol–water partition coefficient (Wildman–Crippen LogP) is 1.69. The highest BCUT2D eigenvalue weighted by Gasteiger charge is 2.37. The molecule has 2 aromatic rings. The zero-order chi connectivity index (χ0) is 24.7. The van der Waals surface area contributed by atoms with Gasteiger partial charge in [-0.05, 0) is 40.5 Å². The largest absolute Gasteiger partial charge is 0.377 e. The zero-order valence-electron chi connectivity index (χ0n) is 21.0. The highest BCUT2D eigenvalue weighted by molar-refractivity contribution is 5.76. The number of morpholine rings is 1. The van der Waals surface area contributed by atoms with Crippen molar-refractivity contribution in [2.24, 2.45) is 0 Å². The summed E-state index contributed by atoms with van der Waals surface area (Å²) in [5.41, 5.74) is 8.26. The number of amides is 2. The summed E-state index contributed by atoms with van der Waals surface area (Å²) in [6.07, 6.45) is 5.20. The summed E-state index contributed by atoms with van der Waals surface area (Å²) < 4.78 is 5.64. The average molecular weight is 482 g/mol. The summed E-state index contributed by atoms with van der Waals surface area (Å²) in [4.78, 5) is 37.7. The highest BCUT2D eigenvalue weighted by atomic mass is 16.5. The lowest BCUT2D eigenvalue weighted by atomic mass is 10.1. The van der Waals surface area contributed by atoms with Gasteiger partial charge >= 0.3 is 6.03 Å². The van der Waals surface area contributed by atoms with Crippen molar-refractivity contribution in [3.05, 3.63) is 18.0 Å². The Morgan fingerprint density at radius 3 is 2.63 bits per heavy atom. The van der Waals surface area contributed by atoms with Crippen molar-refractivity contribution in [2.45, 2.75) is 58.2 Å². The van der Waals surface area contributed by atoms with E-state index in [9.17, 15) is 4.79 Å². The van der Waals surface area contributed by atoms with E-state index in [1.165, 1.54) is 0 Å². The maximum Gasteiger partial charge on any atom is 0.317 e. The number of nitrogens with one attached hydrogen (secondary N) is 1. The number of ether oxygens (including phenoxy) is 1. The summed E-state index contributed by atoms with van der Waals surface area (Å²) in [6.45, 7) is 12.4. The number of rotatable bonds is 3. The first-order valence-electron chi connectivity index (χ1n) is 12.4. The second kappa shape index (κ2) is 9.10. The van der Waals surface area contributed by atoms with Gasteiger partial charge in [0.1, 0.15) is 5.82 Å². The summed E-state index contributed by atoms with van der Waals surface area (Å²) in [5, 5.41) is 3.08. The maximum absolute atomic E-state index is 12.8. The summed E-state index contributed by atoms with van der Waals surface area (Å²) in [7, 11) is 0. The van der Waals surface area contributed by atoms with Gasteiger partial charge in [-0.25, -0.2) is 19.7 Å². The van der Waals surface area contributed by atoms with Crippen LogP contribution < -0.4 is 20.9 Å². The van der Waals surface area contributed by atoms with E-state index in [2.05, 4.69) is 32.0 Å². The van der Waals surface area contributed by atoms with Gasteiger partial charge in [0.25, 0.3) is 0 Å². The minimum Gasteiger partial charge on any atom is -0.377 e. The lowest BCUT2D eigenvalue weighted by molar-refractivity contribution is 0.0981. The van der Waals surface area contributed by atoms with Crippen LogP contribution in [0.5, 0.6) is 0 Å². The van der Waals surface area contributed by atoms with Crippen LogP contribution in [-0.2, 0) is 11.2 Å². The lowest BCUT2D eigenvalue weighted by Gasteiger charge is -2.34. The van der Waals surface area contributed by atoms with Crippen molar-refractivity contribution in [3.8, 4) is 11.3 Å². The Kier molecular flexibility index (Phi) is 6.12. The number of fused-ring (bicyclic) bond motifs is 1. The number of carbonyl (C=O) groups is 1. The minimum absolute atomic E-state index is 0.00958. The Hall–Kier alpha value is -3.21. The number of nitrogens with two attached hydrogens (primary N) is 1. The topological polar surface area (TPSA) is 126 Å². The molecule has 0 radical (unpaired) electrons. The molecular weight excluding hydrogens is 446 g/mol. The third-order valence-corrected chi connectivity index (χ3v) is 6.79. The third-order valence-electron chi connectivity index (χ3n) is 6.79. The molecule has 3 N–H and O–H groups in total. The van der Waals surface area contributed by atoms with Gasteiger partial charge in [-0.3, -0.25) is 0 Å². The smallest absolute Gasteiger partial charge is 0.317 e. The van der Waals surface area contributed by atoms with Crippen LogP contribution in [0.15, 0.2) is 12.4 Å². The highest BCUT2D eigenvalue weighted by Crippen LogP contribution is 2.38. The quantitative estimate of drug-likeness (QED) is 0.673. The molecule has 0 bridgehead atoms. The fourth-order valence-corrected chi connectivity index (χ4v) is 5.05. The van der Waals surface area contributed by atoms with Gasteiger partial charge in [0, 0.05) is 61.3 Å². The number of aromatic nitrogens is 4. The Bertz CT molecular complexity index is 1090. The van der Waals surface area contributed by atoms with Gasteiger partial charge < -0.3 is 30.5 Å². The van der Waals surface area contributed by atoms with E-state index in [-0.39, 0.29) is 29.6 Å². The van der Waals surface area contributed by atoms with Crippen molar-refractivity contribution in [2.75, 3.05) is 54.9 Å². The molecule has 35 heavy (non-hydrogen) atoms. The number of nitrogens with zero attached hydrogens (tertiary/aromatic N) is 7. The Labute approximate surface area is 206 Å². The predicted molar refractivity (Wildman–Crippen MR) is 134 cm³/mol. The first kappa shape index (κ1) is 23.5. The normalized spacial score (nSPS) is 22.5.